The number of carbonyl (C=O) groups is 2. The number of hydrogen-bond acceptors (Lipinski definition) is 5. The monoisotopic (exact) mass is 491 g/mol. The Morgan fingerprint density at radius 1 is 0.973 bits per heavy atom. The van der Waals surface area contributed by atoms with E-state index in [1.807, 2.05) is 54.8 Å². The van der Waals surface area contributed by atoms with E-state index in [-0.39, 0.29) is 11.5 Å². The summed E-state index contributed by atoms with van der Waals surface area (Å²) in [7, 11) is 1.62. The van der Waals surface area contributed by atoms with E-state index in [1.54, 1.807) is 49.6 Å². The smallest absolute Gasteiger partial charge is 0.266 e. The van der Waals surface area contributed by atoms with Gasteiger partial charge in [-0.25, -0.2) is 0 Å². The quantitative estimate of drug-likeness (QED) is 0.269. The van der Waals surface area contributed by atoms with Gasteiger partial charge in [0.05, 0.1) is 7.11 Å². The first-order chi connectivity index (χ1) is 17.9. The predicted molar refractivity (Wildman–Crippen MR) is 143 cm³/mol. The Kier molecular flexibility index (Phi) is 7.45. The first-order valence-corrected chi connectivity index (χ1v) is 11.5. The molecule has 2 heterocycles. The molecule has 0 aliphatic heterocycles. The Balaban J connectivity index is 1.52. The van der Waals surface area contributed by atoms with Gasteiger partial charge < -0.3 is 19.9 Å². The summed E-state index contributed by atoms with van der Waals surface area (Å²) in [6.07, 6.45) is 4.65. The molecule has 4 aromatic rings. The van der Waals surface area contributed by atoms with Crippen molar-refractivity contribution in [2.45, 2.75) is 13.8 Å². The van der Waals surface area contributed by atoms with Crippen LogP contribution in [0.15, 0.2) is 84.7 Å². The number of nitrogens with one attached hydrogen (secondary N) is 2. The molecule has 2 N–H and O–H groups in total. The molecule has 0 radical (unpaired) electrons. The van der Waals surface area contributed by atoms with Crippen molar-refractivity contribution in [3.8, 4) is 17.5 Å². The van der Waals surface area contributed by atoms with Crippen molar-refractivity contribution in [1.82, 2.24) is 9.55 Å². The third-order valence-electron chi connectivity index (χ3n) is 5.79. The van der Waals surface area contributed by atoms with Crippen LogP contribution in [0.4, 0.5) is 11.4 Å². The van der Waals surface area contributed by atoms with Crippen LogP contribution in [0.1, 0.15) is 27.3 Å². The summed E-state index contributed by atoms with van der Waals surface area (Å²) in [6.45, 7) is 3.90. The molecule has 2 aromatic carbocycles. The lowest BCUT2D eigenvalue weighted by Crippen LogP contribution is -2.15. The van der Waals surface area contributed by atoms with Gasteiger partial charge in [-0.05, 0) is 86.2 Å². The zero-order valence-electron chi connectivity index (χ0n) is 20.6. The van der Waals surface area contributed by atoms with Gasteiger partial charge in [0.2, 0.25) is 0 Å². The Morgan fingerprint density at radius 2 is 1.65 bits per heavy atom. The van der Waals surface area contributed by atoms with Gasteiger partial charge in [0.1, 0.15) is 17.4 Å². The fourth-order valence-electron chi connectivity index (χ4n) is 3.95. The van der Waals surface area contributed by atoms with Crippen LogP contribution in [0.25, 0.3) is 11.8 Å². The van der Waals surface area contributed by atoms with Gasteiger partial charge in [-0.15, -0.1) is 0 Å². The molecule has 37 heavy (non-hydrogen) atoms. The zero-order valence-corrected chi connectivity index (χ0v) is 20.6. The van der Waals surface area contributed by atoms with Gasteiger partial charge in [-0.2, -0.15) is 5.26 Å². The molecule has 0 spiro atoms. The molecular formula is C29H25N5O3. The molecule has 0 bridgehead atoms. The molecule has 0 aliphatic rings. The Labute approximate surface area is 214 Å². The van der Waals surface area contributed by atoms with Crippen molar-refractivity contribution in [2.24, 2.45) is 0 Å². The summed E-state index contributed by atoms with van der Waals surface area (Å²) in [5.41, 5.74) is 4.94. The average Bonchev–Trinajstić information content (AvgIpc) is 3.20. The van der Waals surface area contributed by atoms with Gasteiger partial charge in [-0.1, -0.05) is 6.07 Å². The molecule has 0 unspecified atom stereocenters. The van der Waals surface area contributed by atoms with Crippen LogP contribution in [0.2, 0.25) is 0 Å². The molecule has 0 fully saturated rings. The van der Waals surface area contributed by atoms with E-state index >= 15 is 0 Å². The fraction of sp³-hybridized carbons (Fsp3) is 0.103. The van der Waals surface area contributed by atoms with Crippen LogP contribution in [-0.2, 0) is 4.79 Å². The van der Waals surface area contributed by atoms with E-state index in [9.17, 15) is 14.9 Å². The Bertz CT molecular complexity index is 1510. The highest BCUT2D eigenvalue weighted by Crippen LogP contribution is 2.25. The third kappa shape index (κ3) is 5.74. The van der Waals surface area contributed by atoms with E-state index in [0.717, 1.165) is 28.4 Å². The second kappa shape index (κ2) is 11.1. The summed E-state index contributed by atoms with van der Waals surface area (Å²) in [5.74, 6) is -0.0826. The van der Waals surface area contributed by atoms with Gasteiger partial charge in [0.15, 0.2) is 0 Å². The molecule has 0 aliphatic carbocycles. The second-order valence-corrected chi connectivity index (χ2v) is 8.25. The first-order valence-electron chi connectivity index (χ1n) is 11.5. The van der Waals surface area contributed by atoms with E-state index < -0.39 is 5.91 Å². The number of aryl methyl sites for hydroxylation is 1. The summed E-state index contributed by atoms with van der Waals surface area (Å²) in [5, 5.41) is 15.2. The number of rotatable bonds is 7. The van der Waals surface area contributed by atoms with Gasteiger partial charge in [0.25, 0.3) is 11.8 Å². The topological polar surface area (TPSA) is 109 Å². The van der Waals surface area contributed by atoms with Gasteiger partial charge in [-0.3, -0.25) is 14.6 Å². The molecule has 8 heteroatoms. The van der Waals surface area contributed by atoms with Crippen molar-refractivity contribution in [3.05, 3.63) is 107 Å². The molecule has 4 rings (SSSR count). The van der Waals surface area contributed by atoms with Crippen LogP contribution in [0, 0.1) is 25.2 Å². The van der Waals surface area contributed by atoms with Gasteiger partial charge >= 0.3 is 0 Å². The summed E-state index contributed by atoms with van der Waals surface area (Å²) in [4.78, 5) is 29.2. The van der Waals surface area contributed by atoms with Crippen LogP contribution < -0.4 is 15.4 Å². The number of amides is 2. The van der Waals surface area contributed by atoms with E-state index in [1.165, 1.54) is 12.4 Å². The number of methoxy groups -OCH3 is 1. The van der Waals surface area contributed by atoms with E-state index in [2.05, 4.69) is 15.6 Å². The zero-order chi connectivity index (χ0) is 26.4. The minimum atomic E-state index is -0.547. The lowest BCUT2D eigenvalue weighted by molar-refractivity contribution is -0.112. The summed E-state index contributed by atoms with van der Waals surface area (Å²) >= 11 is 0. The second-order valence-electron chi connectivity index (χ2n) is 8.25. The van der Waals surface area contributed by atoms with Crippen molar-refractivity contribution in [1.29, 1.82) is 5.26 Å². The molecule has 2 amide bonds. The number of nitrogens with zero attached hydrogens (tertiary/aromatic N) is 3. The van der Waals surface area contributed by atoms with E-state index in [4.69, 9.17) is 4.74 Å². The maximum Gasteiger partial charge on any atom is 0.266 e. The molecule has 184 valence electrons. The molecule has 0 atom stereocenters. The fourth-order valence-corrected chi connectivity index (χ4v) is 3.95. The van der Waals surface area contributed by atoms with Crippen LogP contribution in [-0.4, -0.2) is 28.5 Å². The lowest BCUT2D eigenvalue weighted by Gasteiger charge is -2.10. The molecule has 0 saturated heterocycles. The van der Waals surface area contributed by atoms with Crippen LogP contribution in [0.3, 0.4) is 0 Å². The maximum atomic E-state index is 12.9. The number of nitriles is 1. The number of hydrogen-bond donors (Lipinski definition) is 2. The molecule has 2 aromatic heterocycles. The number of aromatic nitrogens is 2. The number of ether oxygens (including phenoxy) is 1. The minimum absolute atomic E-state index is 0.0406. The molecular weight excluding hydrogens is 466 g/mol. The van der Waals surface area contributed by atoms with Crippen LogP contribution in [0.5, 0.6) is 5.75 Å². The Morgan fingerprint density at radius 3 is 2.30 bits per heavy atom. The van der Waals surface area contributed by atoms with E-state index in [0.29, 0.717) is 16.9 Å². The number of anilines is 2. The molecule has 8 nitrogen and oxygen atoms in total. The standard InChI is InChI=1S/C29H25N5O3/c1-19-15-22(20(2)34(19)26-7-9-27(37-3)10-8-26)16-23(18-30)29(36)33-25-6-4-5-24(17-25)32-28(35)21-11-13-31-14-12-21/h4-17H,1-3H3,(H,32,35)(H,33,36)/b23-16+. The van der Waals surface area contributed by atoms with Crippen molar-refractivity contribution in [3.63, 3.8) is 0 Å². The van der Waals surface area contributed by atoms with Crippen LogP contribution >= 0.6 is 0 Å². The highest BCUT2D eigenvalue weighted by molar-refractivity contribution is 6.10. The third-order valence-corrected chi connectivity index (χ3v) is 5.79. The SMILES string of the molecule is COc1ccc(-n2c(C)cc(/C=C(\C#N)C(=O)Nc3cccc(NC(=O)c4ccncc4)c3)c2C)cc1. The van der Waals surface area contributed by atoms with Gasteiger partial charge in [0, 0.05) is 46.4 Å². The Hall–Kier alpha value is -5.16. The average molecular weight is 492 g/mol. The lowest BCUT2D eigenvalue weighted by atomic mass is 10.1. The molecule has 0 saturated carbocycles. The normalized spacial score (nSPS) is 10.9. The van der Waals surface area contributed by atoms with Crippen molar-refractivity contribution in [2.75, 3.05) is 17.7 Å². The van der Waals surface area contributed by atoms with Crippen molar-refractivity contribution >= 4 is 29.3 Å². The highest BCUT2D eigenvalue weighted by Gasteiger charge is 2.15. The largest absolute Gasteiger partial charge is 0.497 e. The summed E-state index contributed by atoms with van der Waals surface area (Å²) < 4.78 is 7.29. The number of pyridine rings is 1. The number of carbonyl (C=O) groups excluding carboxylic acids is 2. The minimum Gasteiger partial charge on any atom is -0.497 e. The summed E-state index contributed by atoms with van der Waals surface area (Å²) in [6, 6.07) is 21.5. The predicted octanol–water partition coefficient (Wildman–Crippen LogP) is 5.30. The first kappa shape index (κ1) is 24.9. The highest BCUT2D eigenvalue weighted by atomic mass is 16.5. The number of benzene rings is 2. The van der Waals surface area contributed by atoms with Crippen molar-refractivity contribution < 1.29 is 14.3 Å². The maximum absolute atomic E-state index is 12.9.